The topological polar surface area (TPSA) is 21.3 Å². The van der Waals surface area contributed by atoms with E-state index < -0.39 is 0 Å². The molecule has 1 aromatic rings. The summed E-state index contributed by atoms with van der Waals surface area (Å²) in [4.78, 5) is 0. The van der Waals surface area contributed by atoms with Crippen molar-refractivity contribution in [3.63, 3.8) is 0 Å². The van der Waals surface area contributed by atoms with E-state index in [9.17, 15) is 0 Å². The first kappa shape index (κ1) is 13.1. The third-order valence-corrected chi connectivity index (χ3v) is 4.63. The zero-order valence-corrected chi connectivity index (χ0v) is 11.7. The smallest absolute Gasteiger partial charge is 0.0834 e. The number of hydrogen-bond acceptors (Lipinski definition) is 3. The molecule has 2 rings (SSSR count). The molecule has 0 amide bonds. The first-order valence-corrected chi connectivity index (χ1v) is 7.54. The van der Waals surface area contributed by atoms with E-state index in [1.165, 1.54) is 31.2 Å². The summed E-state index contributed by atoms with van der Waals surface area (Å²) in [5.41, 5.74) is 1.53. The number of nitrogens with one attached hydrogen (secondary N) is 1. The number of rotatable bonds is 7. The highest BCUT2D eigenvalue weighted by atomic mass is 32.1. The molecule has 1 unspecified atom stereocenters. The van der Waals surface area contributed by atoms with Crippen LogP contribution in [0.3, 0.4) is 0 Å². The fraction of sp³-hybridized carbons (Fsp3) is 0.714. The van der Waals surface area contributed by atoms with Crippen LogP contribution >= 0.6 is 11.3 Å². The highest BCUT2D eigenvalue weighted by Gasteiger charge is 2.44. The summed E-state index contributed by atoms with van der Waals surface area (Å²) in [5, 5.41) is 8.09. The summed E-state index contributed by atoms with van der Waals surface area (Å²) in [6.07, 6.45) is 5.99. The van der Waals surface area contributed by atoms with E-state index in [2.05, 4.69) is 29.1 Å². The van der Waals surface area contributed by atoms with E-state index in [-0.39, 0.29) is 5.60 Å². The molecule has 2 nitrogen and oxygen atoms in total. The van der Waals surface area contributed by atoms with Gasteiger partial charge >= 0.3 is 0 Å². The summed E-state index contributed by atoms with van der Waals surface area (Å²) in [7, 11) is 1.87. The predicted molar refractivity (Wildman–Crippen MR) is 73.7 cm³/mol. The maximum Gasteiger partial charge on any atom is 0.0834 e. The number of ether oxygens (including phenoxy) is 1. The Morgan fingerprint density at radius 1 is 1.53 bits per heavy atom. The van der Waals surface area contributed by atoms with Crippen molar-refractivity contribution in [2.75, 3.05) is 13.7 Å². The predicted octanol–water partition coefficient (Wildman–Crippen LogP) is 3.23. The van der Waals surface area contributed by atoms with Gasteiger partial charge in [-0.15, -0.1) is 0 Å². The van der Waals surface area contributed by atoms with E-state index in [1.54, 1.807) is 11.3 Å². The molecule has 1 fully saturated rings. The maximum atomic E-state index is 5.82. The third kappa shape index (κ3) is 2.90. The summed E-state index contributed by atoms with van der Waals surface area (Å²) >= 11 is 1.78. The van der Waals surface area contributed by atoms with Crippen molar-refractivity contribution >= 4 is 11.3 Å². The van der Waals surface area contributed by atoms with Crippen molar-refractivity contribution in [1.29, 1.82) is 0 Å². The van der Waals surface area contributed by atoms with E-state index in [0.717, 1.165) is 13.0 Å². The lowest BCUT2D eigenvalue weighted by Crippen LogP contribution is -2.57. The molecular formula is C14H23NOS. The molecule has 1 atom stereocenters. The molecule has 1 heterocycles. The van der Waals surface area contributed by atoms with Crippen molar-refractivity contribution in [3.8, 4) is 0 Å². The van der Waals surface area contributed by atoms with Gasteiger partial charge in [0, 0.05) is 13.2 Å². The number of methoxy groups -OCH3 is 1. The van der Waals surface area contributed by atoms with Gasteiger partial charge < -0.3 is 10.1 Å². The van der Waals surface area contributed by atoms with Crippen molar-refractivity contribution in [3.05, 3.63) is 22.4 Å². The molecule has 1 saturated carbocycles. The van der Waals surface area contributed by atoms with Gasteiger partial charge in [0.25, 0.3) is 0 Å². The van der Waals surface area contributed by atoms with Crippen LogP contribution in [-0.2, 0) is 11.2 Å². The van der Waals surface area contributed by atoms with Gasteiger partial charge in [0.1, 0.15) is 0 Å². The van der Waals surface area contributed by atoms with Gasteiger partial charge in [0.2, 0.25) is 0 Å². The Morgan fingerprint density at radius 2 is 2.35 bits per heavy atom. The number of thiophene rings is 1. The minimum absolute atomic E-state index is 0.0944. The Bertz CT molecular complexity index is 313. The van der Waals surface area contributed by atoms with E-state index in [4.69, 9.17) is 4.74 Å². The minimum Gasteiger partial charge on any atom is -0.377 e. The fourth-order valence-corrected chi connectivity index (χ4v) is 3.31. The van der Waals surface area contributed by atoms with E-state index in [1.807, 2.05) is 7.11 Å². The second-order valence-corrected chi connectivity index (χ2v) is 5.74. The molecule has 1 aromatic heterocycles. The van der Waals surface area contributed by atoms with Gasteiger partial charge in [-0.25, -0.2) is 0 Å². The quantitative estimate of drug-likeness (QED) is 0.805. The highest BCUT2D eigenvalue weighted by molar-refractivity contribution is 7.07. The lowest BCUT2D eigenvalue weighted by Gasteiger charge is -2.47. The number of hydrogen-bond donors (Lipinski definition) is 1. The molecule has 1 N–H and O–H groups in total. The molecule has 1 aliphatic rings. The minimum atomic E-state index is 0.0944. The molecule has 0 radical (unpaired) electrons. The van der Waals surface area contributed by atoms with Crippen LogP contribution in [0.4, 0.5) is 0 Å². The highest BCUT2D eigenvalue weighted by Crippen LogP contribution is 2.39. The first-order valence-electron chi connectivity index (χ1n) is 6.60. The Balaban J connectivity index is 2.02. The lowest BCUT2D eigenvalue weighted by atomic mass is 9.72. The average Bonchev–Trinajstić information content (AvgIpc) is 2.77. The van der Waals surface area contributed by atoms with E-state index >= 15 is 0 Å². The Kier molecular flexibility index (Phi) is 4.60. The molecule has 96 valence electrons. The van der Waals surface area contributed by atoms with Crippen LogP contribution < -0.4 is 5.32 Å². The summed E-state index contributed by atoms with van der Waals surface area (Å²) in [6.45, 7) is 3.30. The van der Waals surface area contributed by atoms with E-state index in [0.29, 0.717) is 6.04 Å². The standard InChI is InChI=1S/C14H23NOS/c1-3-8-15-13(10-12-5-9-17-11-12)14(16-2)6-4-7-14/h5,9,11,13,15H,3-4,6-8,10H2,1-2H3. The Hall–Kier alpha value is -0.380. The fourth-order valence-electron chi connectivity index (χ4n) is 2.63. The lowest BCUT2D eigenvalue weighted by molar-refractivity contribution is -0.0980. The molecule has 1 aliphatic carbocycles. The maximum absolute atomic E-state index is 5.82. The van der Waals surface area contributed by atoms with Crippen LogP contribution in [0.1, 0.15) is 38.2 Å². The Morgan fingerprint density at radius 3 is 2.82 bits per heavy atom. The normalized spacial score (nSPS) is 19.9. The molecule has 0 bridgehead atoms. The van der Waals surface area contributed by atoms with Crippen LogP contribution in [0.25, 0.3) is 0 Å². The first-order chi connectivity index (χ1) is 8.30. The van der Waals surface area contributed by atoms with Gasteiger partial charge in [-0.2, -0.15) is 11.3 Å². The summed E-state index contributed by atoms with van der Waals surface area (Å²) in [5.74, 6) is 0. The van der Waals surface area contributed by atoms with Crippen LogP contribution in [-0.4, -0.2) is 25.3 Å². The largest absolute Gasteiger partial charge is 0.377 e. The summed E-state index contributed by atoms with van der Waals surface area (Å²) < 4.78 is 5.82. The Labute approximate surface area is 108 Å². The molecule has 17 heavy (non-hydrogen) atoms. The van der Waals surface area contributed by atoms with Crippen LogP contribution in [0.2, 0.25) is 0 Å². The molecular weight excluding hydrogens is 230 g/mol. The molecule has 0 spiro atoms. The SMILES string of the molecule is CCCNC(Cc1ccsc1)C1(OC)CCC1. The van der Waals surface area contributed by atoms with Gasteiger partial charge in [0.15, 0.2) is 0 Å². The second-order valence-electron chi connectivity index (χ2n) is 4.96. The van der Waals surface area contributed by atoms with Crippen molar-refractivity contribution in [1.82, 2.24) is 5.32 Å². The summed E-state index contributed by atoms with van der Waals surface area (Å²) in [6, 6.07) is 2.70. The average molecular weight is 253 g/mol. The zero-order chi connectivity index (χ0) is 12.1. The van der Waals surface area contributed by atoms with Crippen molar-refractivity contribution in [2.45, 2.75) is 50.7 Å². The van der Waals surface area contributed by atoms with Gasteiger partial charge in [-0.3, -0.25) is 0 Å². The monoisotopic (exact) mass is 253 g/mol. The molecule has 3 heteroatoms. The van der Waals surface area contributed by atoms with Crippen LogP contribution in [0, 0.1) is 0 Å². The van der Waals surface area contributed by atoms with Crippen LogP contribution in [0.15, 0.2) is 16.8 Å². The third-order valence-electron chi connectivity index (χ3n) is 3.90. The van der Waals surface area contributed by atoms with Crippen molar-refractivity contribution in [2.24, 2.45) is 0 Å². The zero-order valence-electron chi connectivity index (χ0n) is 10.9. The van der Waals surface area contributed by atoms with Gasteiger partial charge in [0.05, 0.1) is 5.60 Å². The van der Waals surface area contributed by atoms with Gasteiger partial charge in [-0.1, -0.05) is 6.92 Å². The van der Waals surface area contributed by atoms with Crippen LogP contribution in [0.5, 0.6) is 0 Å². The second kappa shape index (κ2) is 5.98. The molecule has 0 aromatic carbocycles. The van der Waals surface area contributed by atoms with Gasteiger partial charge in [-0.05, 0) is 61.0 Å². The molecule has 0 aliphatic heterocycles. The van der Waals surface area contributed by atoms with Crippen molar-refractivity contribution < 1.29 is 4.74 Å². The molecule has 0 saturated heterocycles.